The van der Waals surface area contributed by atoms with Crippen molar-refractivity contribution in [2.24, 2.45) is 5.92 Å². The molecular formula is C15H32N2. The molecule has 1 atom stereocenters. The van der Waals surface area contributed by atoms with Crippen molar-refractivity contribution >= 4 is 0 Å². The van der Waals surface area contributed by atoms with E-state index in [1.54, 1.807) is 0 Å². The summed E-state index contributed by atoms with van der Waals surface area (Å²) in [4.78, 5) is 2.74. The van der Waals surface area contributed by atoms with Gasteiger partial charge >= 0.3 is 0 Å². The fourth-order valence-corrected chi connectivity index (χ4v) is 2.75. The average Bonchev–Trinajstić information content (AvgIpc) is 2.19. The second kappa shape index (κ2) is 8.10. The van der Waals surface area contributed by atoms with Crippen molar-refractivity contribution in [2.45, 2.75) is 71.9 Å². The van der Waals surface area contributed by atoms with E-state index in [9.17, 15) is 0 Å². The van der Waals surface area contributed by atoms with Crippen LogP contribution in [-0.2, 0) is 0 Å². The van der Waals surface area contributed by atoms with Crippen molar-refractivity contribution in [1.29, 1.82) is 0 Å². The molecule has 1 aliphatic rings. The lowest BCUT2D eigenvalue weighted by molar-refractivity contribution is 0.137. The normalized spacial score (nSPS) is 21.5. The molecule has 1 saturated heterocycles. The summed E-state index contributed by atoms with van der Waals surface area (Å²) in [5.74, 6) is 0.751. The van der Waals surface area contributed by atoms with Crippen LogP contribution in [-0.4, -0.2) is 36.6 Å². The van der Waals surface area contributed by atoms with Gasteiger partial charge in [0, 0.05) is 18.6 Å². The lowest BCUT2D eigenvalue weighted by atomic mass is 9.99. The Bertz CT molecular complexity index is 181. The number of hydrogen-bond donors (Lipinski definition) is 1. The average molecular weight is 240 g/mol. The first-order valence-electron chi connectivity index (χ1n) is 7.58. The van der Waals surface area contributed by atoms with Crippen molar-refractivity contribution in [3.63, 3.8) is 0 Å². The highest BCUT2D eigenvalue weighted by Gasteiger charge is 2.21. The van der Waals surface area contributed by atoms with Crippen LogP contribution in [0.15, 0.2) is 0 Å². The highest BCUT2D eigenvalue weighted by molar-refractivity contribution is 4.79. The Morgan fingerprint density at radius 2 is 1.41 bits per heavy atom. The first kappa shape index (κ1) is 15.0. The van der Waals surface area contributed by atoms with Crippen LogP contribution in [0.5, 0.6) is 0 Å². The zero-order valence-electron chi connectivity index (χ0n) is 12.3. The summed E-state index contributed by atoms with van der Waals surface area (Å²) in [6.45, 7) is 13.0. The smallest absolute Gasteiger partial charge is 0.0243 e. The van der Waals surface area contributed by atoms with Gasteiger partial charge < -0.3 is 5.32 Å². The Morgan fingerprint density at radius 3 is 1.88 bits per heavy atom. The van der Waals surface area contributed by atoms with Gasteiger partial charge in [-0.05, 0) is 31.8 Å². The molecule has 0 aromatic heterocycles. The van der Waals surface area contributed by atoms with E-state index in [0.717, 1.165) is 18.5 Å². The van der Waals surface area contributed by atoms with Crippen molar-refractivity contribution in [3.05, 3.63) is 0 Å². The quantitative estimate of drug-likeness (QED) is 0.793. The van der Waals surface area contributed by atoms with Crippen LogP contribution in [0.2, 0.25) is 0 Å². The highest BCUT2D eigenvalue weighted by Crippen LogP contribution is 2.17. The number of nitrogens with one attached hydrogen (secondary N) is 1. The number of rotatable bonds is 5. The molecule has 17 heavy (non-hydrogen) atoms. The number of nitrogens with zero attached hydrogens (tertiary/aromatic N) is 1. The molecule has 1 N–H and O–H groups in total. The summed E-state index contributed by atoms with van der Waals surface area (Å²) in [5, 5.41) is 3.62. The van der Waals surface area contributed by atoms with E-state index < -0.39 is 0 Å². The molecule has 0 aliphatic carbocycles. The maximum Gasteiger partial charge on any atom is 0.0243 e. The summed E-state index contributed by atoms with van der Waals surface area (Å²) in [6.07, 6.45) is 7.10. The van der Waals surface area contributed by atoms with Crippen LogP contribution in [0.1, 0.15) is 59.8 Å². The Kier molecular flexibility index (Phi) is 7.14. The largest absolute Gasteiger partial charge is 0.313 e. The molecule has 102 valence electrons. The zero-order chi connectivity index (χ0) is 12.7. The first-order chi connectivity index (χ1) is 8.11. The lowest BCUT2D eigenvalue weighted by Gasteiger charge is -2.36. The Labute approximate surface area is 108 Å². The minimum Gasteiger partial charge on any atom is -0.313 e. The topological polar surface area (TPSA) is 15.3 Å². The van der Waals surface area contributed by atoms with Crippen LogP contribution < -0.4 is 5.32 Å². The summed E-state index contributed by atoms with van der Waals surface area (Å²) in [6, 6.07) is 1.32. The summed E-state index contributed by atoms with van der Waals surface area (Å²) in [7, 11) is 0. The third-order valence-electron chi connectivity index (χ3n) is 3.86. The zero-order valence-corrected chi connectivity index (χ0v) is 12.3. The van der Waals surface area contributed by atoms with Crippen LogP contribution in [0.25, 0.3) is 0 Å². The van der Waals surface area contributed by atoms with Gasteiger partial charge in [0.25, 0.3) is 0 Å². The number of likely N-dealkylation sites (tertiary alicyclic amines) is 1. The molecule has 1 unspecified atom stereocenters. The lowest BCUT2D eigenvalue weighted by Crippen LogP contribution is -2.48. The molecule has 1 heterocycles. The maximum absolute atomic E-state index is 3.62. The molecule has 1 rings (SSSR count). The molecule has 2 heteroatoms. The van der Waals surface area contributed by atoms with E-state index in [1.165, 1.54) is 45.2 Å². The Balaban J connectivity index is 2.47. The fraction of sp³-hybridized carbons (Fsp3) is 1.00. The van der Waals surface area contributed by atoms with E-state index in [2.05, 4.69) is 37.9 Å². The molecule has 0 aromatic rings. The summed E-state index contributed by atoms with van der Waals surface area (Å²) < 4.78 is 0. The van der Waals surface area contributed by atoms with Crippen molar-refractivity contribution < 1.29 is 0 Å². The minimum absolute atomic E-state index is 0.603. The Hall–Kier alpha value is -0.0800. The van der Waals surface area contributed by atoms with Crippen LogP contribution in [0, 0.1) is 5.92 Å². The van der Waals surface area contributed by atoms with E-state index >= 15 is 0 Å². The SMILES string of the molecule is CC(C)NCC(C(C)C)N1CCCCCCC1. The van der Waals surface area contributed by atoms with Gasteiger partial charge in [0.2, 0.25) is 0 Å². The number of hydrogen-bond acceptors (Lipinski definition) is 2. The van der Waals surface area contributed by atoms with Gasteiger partial charge in [0.05, 0.1) is 0 Å². The summed E-state index contributed by atoms with van der Waals surface area (Å²) in [5.41, 5.74) is 0. The van der Waals surface area contributed by atoms with Gasteiger partial charge in [-0.3, -0.25) is 4.90 Å². The van der Waals surface area contributed by atoms with Gasteiger partial charge in [-0.25, -0.2) is 0 Å². The second-order valence-corrected chi connectivity index (χ2v) is 6.18. The molecule has 1 fully saturated rings. The van der Waals surface area contributed by atoms with Gasteiger partial charge in [0.1, 0.15) is 0 Å². The van der Waals surface area contributed by atoms with Crippen molar-refractivity contribution in [2.75, 3.05) is 19.6 Å². The molecule has 0 amide bonds. The fourth-order valence-electron chi connectivity index (χ4n) is 2.75. The molecular weight excluding hydrogens is 208 g/mol. The predicted octanol–water partition coefficient (Wildman–Crippen LogP) is 3.28. The van der Waals surface area contributed by atoms with Crippen LogP contribution >= 0.6 is 0 Å². The third-order valence-corrected chi connectivity index (χ3v) is 3.86. The van der Waals surface area contributed by atoms with E-state index in [1.807, 2.05) is 0 Å². The minimum atomic E-state index is 0.603. The molecule has 1 aliphatic heterocycles. The molecule has 0 radical (unpaired) electrons. The predicted molar refractivity (Wildman–Crippen MR) is 76.4 cm³/mol. The Morgan fingerprint density at radius 1 is 0.882 bits per heavy atom. The second-order valence-electron chi connectivity index (χ2n) is 6.18. The van der Waals surface area contributed by atoms with E-state index in [4.69, 9.17) is 0 Å². The van der Waals surface area contributed by atoms with Crippen molar-refractivity contribution in [3.8, 4) is 0 Å². The van der Waals surface area contributed by atoms with Crippen molar-refractivity contribution in [1.82, 2.24) is 10.2 Å². The molecule has 2 nitrogen and oxygen atoms in total. The van der Waals surface area contributed by atoms with Gasteiger partial charge in [0.15, 0.2) is 0 Å². The monoisotopic (exact) mass is 240 g/mol. The van der Waals surface area contributed by atoms with Gasteiger partial charge in [-0.15, -0.1) is 0 Å². The highest BCUT2D eigenvalue weighted by atomic mass is 15.2. The standard InChI is InChI=1S/C15H32N2/c1-13(2)15(12-16-14(3)4)17-10-8-6-5-7-9-11-17/h13-16H,5-12H2,1-4H3. The van der Waals surface area contributed by atoms with Crippen LogP contribution in [0.4, 0.5) is 0 Å². The first-order valence-corrected chi connectivity index (χ1v) is 7.58. The summed E-state index contributed by atoms with van der Waals surface area (Å²) >= 11 is 0. The molecule has 0 saturated carbocycles. The van der Waals surface area contributed by atoms with Gasteiger partial charge in [-0.1, -0.05) is 47.0 Å². The molecule has 0 spiro atoms. The van der Waals surface area contributed by atoms with Crippen LogP contribution in [0.3, 0.4) is 0 Å². The molecule has 0 bridgehead atoms. The van der Waals surface area contributed by atoms with E-state index in [0.29, 0.717) is 6.04 Å². The maximum atomic E-state index is 3.62. The molecule has 0 aromatic carbocycles. The third kappa shape index (κ3) is 5.87. The van der Waals surface area contributed by atoms with Gasteiger partial charge in [-0.2, -0.15) is 0 Å². The van der Waals surface area contributed by atoms with E-state index in [-0.39, 0.29) is 0 Å².